The number of para-hydroxylation sites is 1. The molecule has 0 spiro atoms. The van der Waals surface area contributed by atoms with Crippen molar-refractivity contribution in [3.05, 3.63) is 65.7 Å². The van der Waals surface area contributed by atoms with Crippen LogP contribution in [0.5, 0.6) is 0 Å². The van der Waals surface area contributed by atoms with Crippen molar-refractivity contribution < 1.29 is 4.79 Å². The van der Waals surface area contributed by atoms with Crippen molar-refractivity contribution in [2.45, 2.75) is 0 Å². The third kappa shape index (κ3) is 4.77. The van der Waals surface area contributed by atoms with Gasteiger partial charge in [-0.2, -0.15) is 0 Å². The van der Waals surface area contributed by atoms with Crippen molar-refractivity contribution in [2.75, 3.05) is 5.73 Å². The molecule has 19 heavy (non-hydrogen) atoms. The Kier molecular flexibility index (Phi) is 5.50. The number of benzene rings is 2. The molecule has 0 aliphatic carbocycles. The third-order valence-electron chi connectivity index (χ3n) is 2.28. The molecule has 0 unspecified atom stereocenters. The normalized spacial score (nSPS) is 9.05. The van der Waals surface area contributed by atoms with Gasteiger partial charge in [0.1, 0.15) is 4.99 Å². The molecule has 0 heterocycles. The Morgan fingerprint density at radius 3 is 1.79 bits per heavy atom. The summed E-state index contributed by atoms with van der Waals surface area (Å²) in [6, 6.07) is 16.2. The highest BCUT2D eigenvalue weighted by Gasteiger charge is 2.01. The SMILES string of the molecule is NC(=O)c1ccccc1N.NC(=S)c1ccccc1. The van der Waals surface area contributed by atoms with E-state index in [-0.39, 0.29) is 0 Å². The molecular formula is C14H15N3OS. The minimum absolute atomic E-state index is 0.377. The molecule has 2 rings (SSSR count). The Morgan fingerprint density at radius 2 is 1.42 bits per heavy atom. The Labute approximate surface area is 117 Å². The summed E-state index contributed by atoms with van der Waals surface area (Å²) in [6.45, 7) is 0. The number of hydrogen-bond acceptors (Lipinski definition) is 3. The van der Waals surface area contributed by atoms with Crippen molar-refractivity contribution in [1.82, 2.24) is 0 Å². The Bertz CT molecular complexity index is 570. The molecule has 0 aliphatic heterocycles. The Balaban J connectivity index is 0.000000191. The van der Waals surface area contributed by atoms with Crippen molar-refractivity contribution >= 4 is 28.8 Å². The van der Waals surface area contributed by atoms with Gasteiger partial charge in [-0.3, -0.25) is 4.79 Å². The fourth-order valence-electron chi connectivity index (χ4n) is 1.32. The average Bonchev–Trinajstić information content (AvgIpc) is 2.40. The number of nitrogen functional groups attached to an aromatic ring is 1. The lowest BCUT2D eigenvalue weighted by Gasteiger charge is -1.97. The summed E-state index contributed by atoms with van der Waals surface area (Å²) in [7, 11) is 0. The molecule has 0 saturated heterocycles. The van der Waals surface area contributed by atoms with Gasteiger partial charge in [0.15, 0.2) is 0 Å². The molecular weight excluding hydrogens is 258 g/mol. The summed E-state index contributed by atoms with van der Waals surface area (Å²) in [4.78, 5) is 11.0. The van der Waals surface area contributed by atoms with Gasteiger partial charge >= 0.3 is 0 Å². The number of thiocarbonyl (C=S) groups is 1. The van der Waals surface area contributed by atoms with Crippen molar-refractivity contribution in [1.29, 1.82) is 0 Å². The van der Waals surface area contributed by atoms with Crippen LogP contribution < -0.4 is 17.2 Å². The predicted octanol–water partition coefficient (Wildman–Crippen LogP) is 1.69. The van der Waals surface area contributed by atoms with E-state index in [0.717, 1.165) is 5.56 Å². The van der Waals surface area contributed by atoms with Gasteiger partial charge < -0.3 is 17.2 Å². The largest absolute Gasteiger partial charge is 0.398 e. The number of carbonyl (C=O) groups excluding carboxylic acids is 1. The van der Waals surface area contributed by atoms with Gasteiger partial charge in [-0.25, -0.2) is 0 Å². The van der Waals surface area contributed by atoms with Crippen LogP contribution in [0.15, 0.2) is 54.6 Å². The first-order valence-electron chi connectivity index (χ1n) is 5.51. The first kappa shape index (κ1) is 14.7. The van der Waals surface area contributed by atoms with E-state index in [2.05, 4.69) is 0 Å². The van der Waals surface area contributed by atoms with Crippen LogP contribution in [0, 0.1) is 0 Å². The second-order valence-electron chi connectivity index (χ2n) is 3.68. The van der Waals surface area contributed by atoms with Crippen LogP contribution >= 0.6 is 12.2 Å². The van der Waals surface area contributed by atoms with Gasteiger partial charge in [0.05, 0.1) is 5.56 Å². The number of nitrogens with two attached hydrogens (primary N) is 3. The minimum atomic E-state index is -0.488. The van der Waals surface area contributed by atoms with Gasteiger partial charge in [-0.1, -0.05) is 54.7 Å². The fraction of sp³-hybridized carbons (Fsp3) is 0. The van der Waals surface area contributed by atoms with E-state index >= 15 is 0 Å². The smallest absolute Gasteiger partial charge is 0.250 e. The topological polar surface area (TPSA) is 95.1 Å². The highest BCUT2D eigenvalue weighted by molar-refractivity contribution is 7.80. The molecule has 0 bridgehead atoms. The summed E-state index contributed by atoms with van der Waals surface area (Å²) < 4.78 is 0. The van der Waals surface area contributed by atoms with E-state index in [1.54, 1.807) is 24.3 Å². The third-order valence-corrected chi connectivity index (χ3v) is 2.52. The lowest BCUT2D eigenvalue weighted by molar-refractivity contribution is 0.100. The van der Waals surface area contributed by atoms with Crippen molar-refractivity contribution in [3.63, 3.8) is 0 Å². The maximum absolute atomic E-state index is 10.6. The van der Waals surface area contributed by atoms with E-state index in [0.29, 0.717) is 16.2 Å². The standard InChI is InChI=1S/C7H8N2O.C7H7NS/c8-6-4-2-1-3-5(6)7(9)10;8-7(9)6-4-2-1-3-5-6/h1-4H,8H2,(H2,9,10);1-5H,(H2,8,9). The van der Waals surface area contributed by atoms with Crippen LogP contribution in [0.3, 0.4) is 0 Å². The summed E-state index contributed by atoms with van der Waals surface area (Å²) in [5.74, 6) is -0.488. The molecule has 2 aromatic carbocycles. The first-order chi connectivity index (χ1) is 9.02. The second kappa shape index (κ2) is 7.13. The molecule has 1 amide bonds. The molecule has 0 radical (unpaired) electrons. The molecule has 6 N–H and O–H groups in total. The molecule has 5 heteroatoms. The van der Waals surface area contributed by atoms with Gasteiger partial charge in [-0.05, 0) is 12.1 Å². The molecule has 0 aliphatic rings. The Hall–Kier alpha value is -2.40. The summed E-state index contributed by atoms with van der Waals surface area (Å²) in [6.07, 6.45) is 0. The fourth-order valence-corrected chi connectivity index (χ4v) is 1.46. The molecule has 2 aromatic rings. The lowest BCUT2D eigenvalue weighted by atomic mass is 10.2. The zero-order valence-corrected chi connectivity index (χ0v) is 11.1. The van der Waals surface area contributed by atoms with Gasteiger partial charge in [0.2, 0.25) is 0 Å². The quantitative estimate of drug-likeness (QED) is 0.573. The molecule has 0 fully saturated rings. The number of amides is 1. The van der Waals surface area contributed by atoms with Crippen LogP contribution in [-0.2, 0) is 0 Å². The number of hydrogen-bond donors (Lipinski definition) is 3. The van der Waals surface area contributed by atoms with E-state index in [1.165, 1.54) is 0 Å². The molecule has 4 nitrogen and oxygen atoms in total. The molecule has 0 aromatic heterocycles. The number of carbonyl (C=O) groups is 1. The highest BCUT2D eigenvalue weighted by atomic mass is 32.1. The maximum atomic E-state index is 10.6. The summed E-state index contributed by atoms with van der Waals surface area (Å²) in [5.41, 5.74) is 17.5. The maximum Gasteiger partial charge on any atom is 0.250 e. The van der Waals surface area contributed by atoms with Gasteiger partial charge in [0.25, 0.3) is 5.91 Å². The van der Waals surface area contributed by atoms with Crippen LogP contribution in [0.1, 0.15) is 15.9 Å². The first-order valence-corrected chi connectivity index (χ1v) is 5.92. The van der Waals surface area contributed by atoms with E-state index in [9.17, 15) is 4.79 Å². The second-order valence-corrected chi connectivity index (χ2v) is 4.12. The van der Waals surface area contributed by atoms with Crippen molar-refractivity contribution in [2.24, 2.45) is 11.5 Å². The highest BCUT2D eigenvalue weighted by Crippen LogP contribution is 2.08. The number of primary amides is 1. The zero-order valence-electron chi connectivity index (χ0n) is 10.2. The number of rotatable bonds is 2. The van der Waals surface area contributed by atoms with Crippen molar-refractivity contribution in [3.8, 4) is 0 Å². The van der Waals surface area contributed by atoms with E-state index in [1.807, 2.05) is 30.3 Å². The average molecular weight is 273 g/mol. The minimum Gasteiger partial charge on any atom is -0.398 e. The van der Waals surface area contributed by atoms with Gasteiger partial charge in [0, 0.05) is 11.3 Å². The summed E-state index contributed by atoms with van der Waals surface area (Å²) >= 11 is 4.74. The number of anilines is 1. The lowest BCUT2D eigenvalue weighted by Crippen LogP contribution is -2.12. The van der Waals surface area contributed by atoms with Crippen LogP contribution in [0.4, 0.5) is 5.69 Å². The monoisotopic (exact) mass is 273 g/mol. The molecule has 98 valence electrons. The van der Waals surface area contributed by atoms with Gasteiger partial charge in [-0.15, -0.1) is 0 Å². The Morgan fingerprint density at radius 1 is 0.895 bits per heavy atom. The van der Waals surface area contributed by atoms with E-state index < -0.39 is 5.91 Å². The predicted molar refractivity (Wildman–Crippen MR) is 81.7 cm³/mol. The van der Waals surface area contributed by atoms with Crippen LogP contribution in [-0.4, -0.2) is 10.9 Å². The summed E-state index contributed by atoms with van der Waals surface area (Å²) in [5, 5.41) is 0. The van der Waals surface area contributed by atoms with E-state index in [4.69, 9.17) is 29.4 Å². The molecule has 0 atom stereocenters. The van der Waals surface area contributed by atoms with Crippen LogP contribution in [0.25, 0.3) is 0 Å². The van der Waals surface area contributed by atoms with Crippen LogP contribution in [0.2, 0.25) is 0 Å². The molecule has 0 saturated carbocycles. The zero-order chi connectivity index (χ0) is 14.3.